The average Bonchev–Trinajstić information content (AvgIpc) is 3.26. The van der Waals surface area contributed by atoms with Crippen molar-refractivity contribution in [2.24, 2.45) is 5.92 Å². The quantitative estimate of drug-likeness (QED) is 0.268. The number of rotatable bonds is 7. The molecule has 34 heavy (non-hydrogen) atoms. The van der Waals surface area contributed by atoms with Crippen molar-refractivity contribution in [2.75, 3.05) is 12.9 Å². The van der Waals surface area contributed by atoms with E-state index in [1.165, 1.54) is 25.7 Å². The SMILES string of the molecule is Cc1c(OCC2CCCC2)nc2nc(S(C)(=O)=O)ncc2c1C#C[Si](C(C)C)(C(C)C)C(C)C. The first kappa shape index (κ1) is 26.6. The van der Waals surface area contributed by atoms with Crippen LogP contribution in [0.3, 0.4) is 0 Å². The lowest BCUT2D eigenvalue weighted by molar-refractivity contribution is 0.242. The first-order valence-corrected chi connectivity index (χ1v) is 16.5. The molecule has 0 unspecified atom stereocenters. The van der Waals surface area contributed by atoms with Gasteiger partial charge in [0, 0.05) is 23.6 Å². The first-order chi connectivity index (χ1) is 15.9. The molecule has 3 rings (SSSR count). The molecule has 0 aliphatic heterocycles. The normalized spacial score (nSPS) is 15.4. The highest BCUT2D eigenvalue weighted by Gasteiger charge is 2.41. The van der Waals surface area contributed by atoms with Gasteiger partial charge < -0.3 is 4.74 Å². The van der Waals surface area contributed by atoms with E-state index in [4.69, 9.17) is 4.74 Å². The first-order valence-electron chi connectivity index (χ1n) is 12.4. The Hall–Kier alpha value is -1.98. The van der Waals surface area contributed by atoms with Gasteiger partial charge in [0.15, 0.2) is 5.65 Å². The number of ether oxygens (including phenoxy) is 1. The highest BCUT2D eigenvalue weighted by molar-refractivity contribution is 7.90. The second-order valence-corrected chi connectivity index (χ2v) is 18.2. The van der Waals surface area contributed by atoms with Crippen LogP contribution in [0.1, 0.15) is 78.4 Å². The van der Waals surface area contributed by atoms with Gasteiger partial charge >= 0.3 is 0 Å². The van der Waals surface area contributed by atoms with Crippen LogP contribution in [-0.2, 0) is 9.84 Å². The van der Waals surface area contributed by atoms with E-state index < -0.39 is 17.9 Å². The van der Waals surface area contributed by atoms with Gasteiger partial charge in [-0.05, 0) is 42.3 Å². The van der Waals surface area contributed by atoms with Crippen molar-refractivity contribution in [3.8, 4) is 17.3 Å². The van der Waals surface area contributed by atoms with Crippen molar-refractivity contribution >= 4 is 28.9 Å². The molecule has 0 N–H and O–H groups in total. The van der Waals surface area contributed by atoms with E-state index >= 15 is 0 Å². The van der Waals surface area contributed by atoms with E-state index in [1.54, 1.807) is 6.20 Å². The van der Waals surface area contributed by atoms with Crippen LogP contribution in [0.4, 0.5) is 0 Å². The molecule has 2 heterocycles. The molecule has 1 saturated carbocycles. The molecule has 0 radical (unpaired) electrons. The maximum Gasteiger partial charge on any atom is 0.248 e. The predicted molar refractivity (Wildman–Crippen MR) is 141 cm³/mol. The minimum absolute atomic E-state index is 0.229. The third-order valence-corrected chi connectivity index (χ3v) is 14.6. The molecule has 8 heteroatoms. The smallest absolute Gasteiger partial charge is 0.248 e. The Bertz CT molecular complexity index is 1190. The lowest BCUT2D eigenvalue weighted by atomic mass is 10.1. The van der Waals surface area contributed by atoms with Crippen LogP contribution in [0, 0.1) is 24.3 Å². The monoisotopic (exact) mass is 501 g/mol. The Balaban J connectivity index is 2.21. The molecule has 2 aromatic rings. The van der Waals surface area contributed by atoms with Crippen LogP contribution in [-0.4, -0.2) is 44.3 Å². The summed E-state index contributed by atoms with van der Waals surface area (Å²) in [4.78, 5) is 13.0. The molecule has 0 saturated heterocycles. The van der Waals surface area contributed by atoms with Crippen LogP contribution in [0.5, 0.6) is 5.88 Å². The van der Waals surface area contributed by atoms with Crippen LogP contribution in [0.25, 0.3) is 11.0 Å². The minimum Gasteiger partial charge on any atom is -0.477 e. The zero-order valence-electron chi connectivity index (χ0n) is 21.9. The second kappa shape index (κ2) is 10.3. The summed E-state index contributed by atoms with van der Waals surface area (Å²) in [6, 6.07) is 0. The molecule has 6 nitrogen and oxygen atoms in total. The highest BCUT2D eigenvalue weighted by Crippen LogP contribution is 2.41. The van der Waals surface area contributed by atoms with Gasteiger partial charge in [0.2, 0.25) is 20.9 Å². The molecular weight excluding hydrogens is 462 g/mol. The lowest BCUT2D eigenvalue weighted by Crippen LogP contribution is -2.43. The molecular formula is C26H39N3O3SSi. The summed E-state index contributed by atoms with van der Waals surface area (Å²) in [5, 5.41) is 0.442. The van der Waals surface area contributed by atoms with Crippen LogP contribution >= 0.6 is 0 Å². The van der Waals surface area contributed by atoms with E-state index in [2.05, 4.69) is 68.0 Å². The summed E-state index contributed by atoms with van der Waals surface area (Å²) >= 11 is 0. The third-order valence-electron chi connectivity index (χ3n) is 7.45. The van der Waals surface area contributed by atoms with Crippen molar-refractivity contribution in [3.05, 3.63) is 17.3 Å². The predicted octanol–water partition coefficient (Wildman–Crippen LogP) is 5.88. The minimum atomic E-state index is -3.56. The Morgan fingerprint density at radius 2 is 1.65 bits per heavy atom. The topological polar surface area (TPSA) is 82.0 Å². The molecule has 186 valence electrons. The van der Waals surface area contributed by atoms with Gasteiger partial charge in [-0.15, -0.1) is 5.54 Å². The maximum absolute atomic E-state index is 12.1. The summed E-state index contributed by atoms with van der Waals surface area (Å²) in [5.41, 5.74) is 7.26. The van der Waals surface area contributed by atoms with Gasteiger partial charge in [-0.3, -0.25) is 0 Å². The van der Waals surface area contributed by atoms with Gasteiger partial charge in [0.1, 0.15) is 8.07 Å². The Morgan fingerprint density at radius 1 is 1.06 bits per heavy atom. The molecule has 0 aromatic carbocycles. The molecule has 1 aliphatic carbocycles. The van der Waals surface area contributed by atoms with Gasteiger partial charge in [-0.25, -0.2) is 13.4 Å². The van der Waals surface area contributed by atoms with Crippen molar-refractivity contribution in [1.82, 2.24) is 15.0 Å². The van der Waals surface area contributed by atoms with E-state index in [0.29, 0.717) is 46.1 Å². The summed E-state index contributed by atoms with van der Waals surface area (Å²) in [6.07, 6.45) is 7.48. The van der Waals surface area contributed by atoms with Gasteiger partial charge in [-0.2, -0.15) is 9.97 Å². The van der Waals surface area contributed by atoms with Crippen LogP contribution < -0.4 is 4.74 Å². The lowest BCUT2D eigenvalue weighted by Gasteiger charge is -2.38. The van der Waals surface area contributed by atoms with E-state index in [0.717, 1.165) is 17.4 Å². The summed E-state index contributed by atoms with van der Waals surface area (Å²) < 4.78 is 30.4. The summed E-state index contributed by atoms with van der Waals surface area (Å²) in [6.45, 7) is 16.3. The van der Waals surface area contributed by atoms with E-state index in [9.17, 15) is 8.42 Å². The van der Waals surface area contributed by atoms with E-state index in [1.807, 2.05) is 6.92 Å². The van der Waals surface area contributed by atoms with Gasteiger partial charge in [-0.1, -0.05) is 60.3 Å². The number of hydrogen-bond acceptors (Lipinski definition) is 6. The molecule has 1 aliphatic rings. The number of hydrogen-bond donors (Lipinski definition) is 0. The molecule has 1 fully saturated rings. The Labute approximate surface area is 206 Å². The fourth-order valence-electron chi connectivity index (χ4n) is 5.57. The third kappa shape index (κ3) is 5.31. The number of nitrogens with zero attached hydrogens (tertiary/aromatic N) is 3. The molecule has 0 bridgehead atoms. The van der Waals surface area contributed by atoms with Crippen molar-refractivity contribution < 1.29 is 13.2 Å². The van der Waals surface area contributed by atoms with E-state index in [-0.39, 0.29) is 5.16 Å². The fourth-order valence-corrected chi connectivity index (χ4v) is 11.3. The highest BCUT2D eigenvalue weighted by atomic mass is 32.2. The largest absolute Gasteiger partial charge is 0.477 e. The molecule has 0 atom stereocenters. The molecule has 0 amide bonds. The van der Waals surface area contributed by atoms with Crippen LogP contribution in [0.15, 0.2) is 11.4 Å². The number of fused-ring (bicyclic) bond motifs is 1. The van der Waals surface area contributed by atoms with Gasteiger partial charge in [0.25, 0.3) is 0 Å². The zero-order chi connectivity index (χ0) is 25.3. The summed E-state index contributed by atoms with van der Waals surface area (Å²) in [7, 11) is -5.53. The van der Waals surface area contributed by atoms with Crippen molar-refractivity contribution in [3.63, 3.8) is 0 Å². The number of aromatic nitrogens is 3. The molecule has 2 aromatic heterocycles. The maximum atomic E-state index is 12.1. The van der Waals surface area contributed by atoms with Crippen molar-refractivity contribution in [1.29, 1.82) is 0 Å². The number of pyridine rings is 1. The second-order valence-electron chi connectivity index (χ2n) is 10.7. The van der Waals surface area contributed by atoms with Crippen molar-refractivity contribution in [2.45, 2.75) is 95.9 Å². The Kier molecular flexibility index (Phi) is 8.09. The fraction of sp³-hybridized carbons (Fsp3) is 0.654. The zero-order valence-corrected chi connectivity index (χ0v) is 23.7. The summed E-state index contributed by atoms with van der Waals surface area (Å²) in [5.74, 6) is 4.56. The standard InChI is InChI=1S/C26H39N3O3SSi/c1-17(2)34(18(3)4,19(5)6)14-13-22-20(7)25(32-16-21-11-9-10-12-21)28-24-23(22)15-27-26(29-24)33(8,30)31/h15,17-19,21H,9-12,16H2,1-8H3. The Morgan fingerprint density at radius 3 is 2.18 bits per heavy atom. The average molecular weight is 502 g/mol. The van der Waals surface area contributed by atoms with Crippen LogP contribution in [0.2, 0.25) is 16.6 Å². The molecule has 0 spiro atoms. The number of sulfone groups is 1. The van der Waals surface area contributed by atoms with Gasteiger partial charge in [0.05, 0.1) is 12.0 Å².